The van der Waals surface area contributed by atoms with Gasteiger partial charge >= 0.3 is 0 Å². The van der Waals surface area contributed by atoms with Crippen LogP contribution in [-0.2, 0) is 0 Å². The predicted molar refractivity (Wildman–Crippen MR) is 162 cm³/mol. The lowest BCUT2D eigenvalue weighted by molar-refractivity contribution is 1.29. The molecular formula is C34H22ClNS. The fourth-order valence-electron chi connectivity index (χ4n) is 5.24. The highest BCUT2D eigenvalue weighted by atomic mass is 35.5. The van der Waals surface area contributed by atoms with Gasteiger partial charge in [-0.05, 0) is 52.7 Å². The van der Waals surface area contributed by atoms with E-state index in [1.54, 1.807) is 11.3 Å². The van der Waals surface area contributed by atoms with Gasteiger partial charge < -0.3 is 4.90 Å². The van der Waals surface area contributed by atoms with Crippen LogP contribution in [0.4, 0.5) is 17.1 Å². The fourth-order valence-corrected chi connectivity index (χ4v) is 6.70. The molecule has 0 N–H and O–H groups in total. The van der Waals surface area contributed by atoms with Crippen LogP contribution in [0.15, 0.2) is 133 Å². The van der Waals surface area contributed by atoms with E-state index in [4.69, 9.17) is 11.6 Å². The molecule has 37 heavy (non-hydrogen) atoms. The van der Waals surface area contributed by atoms with E-state index >= 15 is 0 Å². The van der Waals surface area contributed by atoms with Crippen LogP contribution in [0, 0.1) is 0 Å². The minimum absolute atomic E-state index is 0.732. The molecule has 0 aliphatic carbocycles. The van der Waals surface area contributed by atoms with Crippen LogP contribution in [-0.4, -0.2) is 0 Å². The second-order valence-corrected chi connectivity index (χ2v) is 10.6. The van der Waals surface area contributed by atoms with Crippen LogP contribution in [0.3, 0.4) is 0 Å². The molecule has 7 rings (SSSR count). The van der Waals surface area contributed by atoms with Crippen LogP contribution in [0.5, 0.6) is 0 Å². The molecule has 0 saturated heterocycles. The maximum absolute atomic E-state index is 7.11. The number of nitrogens with zero attached hydrogens (tertiary/aromatic N) is 1. The van der Waals surface area contributed by atoms with Gasteiger partial charge in [0.15, 0.2) is 0 Å². The molecule has 7 aromatic rings. The van der Waals surface area contributed by atoms with Crippen molar-refractivity contribution in [1.29, 1.82) is 0 Å². The summed E-state index contributed by atoms with van der Waals surface area (Å²) in [5, 5.41) is 5.78. The summed E-state index contributed by atoms with van der Waals surface area (Å²) in [7, 11) is 0. The smallest absolute Gasteiger partial charge is 0.0661 e. The van der Waals surface area contributed by atoms with E-state index in [0.29, 0.717) is 0 Å². The molecule has 0 radical (unpaired) electrons. The number of fused-ring (bicyclic) bond motifs is 5. The fraction of sp³-hybridized carbons (Fsp3) is 0. The summed E-state index contributed by atoms with van der Waals surface area (Å²) in [5.74, 6) is 0. The molecule has 0 fully saturated rings. The lowest BCUT2D eigenvalue weighted by atomic mass is 10.0. The molecule has 0 aliphatic heterocycles. The number of hydrogen-bond acceptors (Lipinski definition) is 2. The van der Waals surface area contributed by atoms with Gasteiger partial charge in [0.25, 0.3) is 0 Å². The predicted octanol–water partition coefficient (Wildman–Crippen LogP) is 11.0. The summed E-state index contributed by atoms with van der Waals surface area (Å²) in [6.45, 7) is 0. The van der Waals surface area contributed by atoms with E-state index in [2.05, 4.69) is 132 Å². The molecule has 176 valence electrons. The Morgan fingerprint density at radius 2 is 1.24 bits per heavy atom. The average molecular weight is 512 g/mol. The van der Waals surface area contributed by atoms with Gasteiger partial charge in [-0.2, -0.15) is 0 Å². The number of benzene rings is 6. The lowest BCUT2D eigenvalue weighted by Gasteiger charge is -2.28. The second kappa shape index (κ2) is 9.08. The highest BCUT2D eigenvalue weighted by Crippen LogP contribution is 2.47. The number of thiophene rings is 1. The number of halogens is 1. The van der Waals surface area contributed by atoms with E-state index in [1.807, 2.05) is 6.07 Å². The van der Waals surface area contributed by atoms with Gasteiger partial charge in [0, 0.05) is 31.4 Å². The lowest BCUT2D eigenvalue weighted by Crippen LogP contribution is -2.11. The third-order valence-corrected chi connectivity index (χ3v) is 8.33. The second-order valence-electron chi connectivity index (χ2n) is 9.12. The topological polar surface area (TPSA) is 3.24 Å². The molecule has 1 heterocycles. The summed E-state index contributed by atoms with van der Waals surface area (Å²) in [5.41, 5.74) is 5.45. The van der Waals surface area contributed by atoms with Crippen molar-refractivity contribution in [3.8, 4) is 11.1 Å². The number of rotatable bonds is 4. The van der Waals surface area contributed by atoms with Crippen LogP contribution in [0.25, 0.3) is 42.1 Å². The first-order valence-corrected chi connectivity index (χ1v) is 13.5. The quantitative estimate of drug-likeness (QED) is 0.227. The van der Waals surface area contributed by atoms with Crippen molar-refractivity contribution < 1.29 is 0 Å². The Morgan fingerprint density at radius 3 is 2.08 bits per heavy atom. The number of hydrogen-bond donors (Lipinski definition) is 0. The molecule has 0 atom stereocenters. The van der Waals surface area contributed by atoms with Crippen LogP contribution < -0.4 is 4.90 Å². The molecular weight excluding hydrogens is 490 g/mol. The van der Waals surface area contributed by atoms with Crippen LogP contribution in [0.1, 0.15) is 0 Å². The van der Waals surface area contributed by atoms with Crippen molar-refractivity contribution in [2.24, 2.45) is 0 Å². The van der Waals surface area contributed by atoms with E-state index < -0.39 is 0 Å². The van der Waals surface area contributed by atoms with Gasteiger partial charge in [-0.3, -0.25) is 0 Å². The Balaban J connectivity index is 1.54. The zero-order chi connectivity index (χ0) is 24.8. The Bertz CT molecular complexity index is 1890. The summed E-state index contributed by atoms with van der Waals surface area (Å²) >= 11 is 8.91. The van der Waals surface area contributed by atoms with Crippen LogP contribution in [0.2, 0.25) is 5.02 Å². The van der Waals surface area contributed by atoms with Crippen molar-refractivity contribution in [2.45, 2.75) is 0 Å². The van der Waals surface area contributed by atoms with Gasteiger partial charge in [0.2, 0.25) is 0 Å². The first-order valence-electron chi connectivity index (χ1n) is 12.3. The standard InChI is InChI=1S/C34H22ClNS/c35-29-22-33-28(34-27-17-8-7-13-24(27)19-20-32(34)37-33)21-31(29)36(25-14-5-2-6-15-25)30-18-10-9-16-26(30)23-11-3-1-4-12-23/h1-22H. The van der Waals surface area contributed by atoms with Crippen LogP contribution >= 0.6 is 22.9 Å². The van der Waals surface area contributed by atoms with Crippen molar-refractivity contribution in [2.75, 3.05) is 4.90 Å². The maximum Gasteiger partial charge on any atom is 0.0661 e. The highest BCUT2D eigenvalue weighted by Gasteiger charge is 2.21. The first kappa shape index (κ1) is 22.1. The summed E-state index contributed by atoms with van der Waals surface area (Å²) in [6.07, 6.45) is 0. The maximum atomic E-state index is 7.11. The minimum Gasteiger partial charge on any atom is -0.308 e. The van der Waals surface area contributed by atoms with Crippen molar-refractivity contribution >= 4 is 70.9 Å². The molecule has 0 bridgehead atoms. The average Bonchev–Trinajstić information content (AvgIpc) is 3.32. The van der Waals surface area contributed by atoms with Crippen molar-refractivity contribution in [1.82, 2.24) is 0 Å². The Kier molecular flexibility index (Phi) is 5.43. The zero-order valence-electron chi connectivity index (χ0n) is 19.9. The van der Waals surface area contributed by atoms with E-state index in [-0.39, 0.29) is 0 Å². The van der Waals surface area contributed by atoms with Gasteiger partial charge in [0.1, 0.15) is 0 Å². The monoisotopic (exact) mass is 511 g/mol. The molecule has 1 aromatic heterocycles. The molecule has 1 nitrogen and oxygen atoms in total. The molecule has 0 aliphatic rings. The molecule has 0 saturated carbocycles. The highest BCUT2D eigenvalue weighted by molar-refractivity contribution is 7.26. The molecule has 0 amide bonds. The largest absolute Gasteiger partial charge is 0.308 e. The van der Waals surface area contributed by atoms with Gasteiger partial charge in [-0.1, -0.05) is 109 Å². The molecule has 3 heteroatoms. The van der Waals surface area contributed by atoms with E-state index in [0.717, 1.165) is 27.6 Å². The number of anilines is 3. The van der Waals surface area contributed by atoms with Gasteiger partial charge in [-0.25, -0.2) is 0 Å². The van der Waals surface area contributed by atoms with E-state index in [9.17, 15) is 0 Å². The van der Waals surface area contributed by atoms with Gasteiger partial charge in [0.05, 0.1) is 16.4 Å². The summed E-state index contributed by atoms with van der Waals surface area (Å²) < 4.78 is 2.47. The summed E-state index contributed by atoms with van der Waals surface area (Å²) in [4.78, 5) is 2.29. The third-order valence-electron chi connectivity index (χ3n) is 6.91. The Morgan fingerprint density at radius 1 is 0.541 bits per heavy atom. The first-order chi connectivity index (χ1) is 18.3. The Labute approximate surface area is 224 Å². The SMILES string of the molecule is Clc1cc2sc3ccc4ccccc4c3c2cc1N(c1ccccc1)c1ccccc1-c1ccccc1. The Hall–Kier alpha value is -4.11. The minimum atomic E-state index is 0.732. The molecule has 0 spiro atoms. The normalized spacial score (nSPS) is 11.4. The zero-order valence-corrected chi connectivity index (χ0v) is 21.5. The van der Waals surface area contributed by atoms with Crippen molar-refractivity contribution in [3.63, 3.8) is 0 Å². The molecule has 6 aromatic carbocycles. The summed E-state index contributed by atoms with van der Waals surface area (Å²) in [6, 6.07) is 47.0. The third kappa shape index (κ3) is 3.77. The molecule has 0 unspecified atom stereocenters. The van der Waals surface area contributed by atoms with E-state index in [1.165, 1.54) is 36.5 Å². The van der Waals surface area contributed by atoms with Gasteiger partial charge in [-0.15, -0.1) is 11.3 Å². The van der Waals surface area contributed by atoms with Crippen molar-refractivity contribution in [3.05, 3.63) is 138 Å². The number of para-hydroxylation sites is 2.